The lowest BCUT2D eigenvalue weighted by Gasteiger charge is -2.35. The van der Waals surface area contributed by atoms with Crippen molar-refractivity contribution in [2.45, 2.75) is 63.5 Å². The SMILES string of the molecule is C1CC([C@@H]2CC[C@H](C3CCC3)N2)C1. The predicted molar refractivity (Wildman–Crippen MR) is 54.6 cm³/mol. The van der Waals surface area contributed by atoms with Gasteiger partial charge in [-0.05, 0) is 50.4 Å². The fourth-order valence-electron chi connectivity index (χ4n) is 3.23. The average Bonchev–Trinajstić information content (AvgIpc) is 2.29. The summed E-state index contributed by atoms with van der Waals surface area (Å²) in [5.74, 6) is 2.12. The molecule has 3 aliphatic rings. The molecule has 0 amide bonds. The van der Waals surface area contributed by atoms with E-state index in [2.05, 4.69) is 5.32 Å². The van der Waals surface area contributed by atoms with Crippen LogP contribution in [0.25, 0.3) is 0 Å². The van der Waals surface area contributed by atoms with Crippen molar-refractivity contribution in [1.82, 2.24) is 5.32 Å². The molecule has 74 valence electrons. The van der Waals surface area contributed by atoms with E-state index in [0.29, 0.717) is 0 Å². The molecule has 1 aliphatic heterocycles. The van der Waals surface area contributed by atoms with Crippen LogP contribution in [0.3, 0.4) is 0 Å². The predicted octanol–water partition coefficient (Wildman–Crippen LogP) is 2.71. The van der Waals surface area contributed by atoms with Gasteiger partial charge in [-0.15, -0.1) is 0 Å². The van der Waals surface area contributed by atoms with Gasteiger partial charge in [0.05, 0.1) is 0 Å². The van der Waals surface area contributed by atoms with Crippen molar-refractivity contribution < 1.29 is 0 Å². The molecule has 0 aromatic heterocycles. The fourth-order valence-corrected chi connectivity index (χ4v) is 3.23. The minimum absolute atomic E-state index is 0.916. The van der Waals surface area contributed by atoms with Crippen LogP contribution in [-0.2, 0) is 0 Å². The first kappa shape index (κ1) is 8.28. The molecule has 1 N–H and O–H groups in total. The van der Waals surface area contributed by atoms with Gasteiger partial charge in [-0.3, -0.25) is 0 Å². The Morgan fingerprint density at radius 3 is 1.38 bits per heavy atom. The smallest absolute Gasteiger partial charge is 0.00986 e. The summed E-state index contributed by atoms with van der Waals surface area (Å²) in [6.07, 6.45) is 12.0. The van der Waals surface area contributed by atoms with Gasteiger partial charge in [0, 0.05) is 12.1 Å². The molecule has 2 saturated carbocycles. The van der Waals surface area contributed by atoms with E-state index < -0.39 is 0 Å². The van der Waals surface area contributed by atoms with Gasteiger partial charge in [0.1, 0.15) is 0 Å². The standard InChI is InChI=1S/C12H21N/c1-3-9(4-1)11-7-8-12(13-11)10-5-2-6-10/h9-13H,1-8H2/t11-,12+. The third-order valence-corrected chi connectivity index (χ3v) is 4.65. The van der Waals surface area contributed by atoms with Crippen molar-refractivity contribution >= 4 is 0 Å². The Balaban J connectivity index is 1.52. The molecule has 0 aromatic carbocycles. The van der Waals surface area contributed by atoms with Crippen LogP contribution < -0.4 is 5.32 Å². The maximum absolute atomic E-state index is 3.89. The van der Waals surface area contributed by atoms with Crippen LogP contribution in [0.1, 0.15) is 51.4 Å². The summed E-state index contributed by atoms with van der Waals surface area (Å²) < 4.78 is 0. The number of hydrogen-bond acceptors (Lipinski definition) is 1. The van der Waals surface area contributed by atoms with Crippen LogP contribution in [0.2, 0.25) is 0 Å². The van der Waals surface area contributed by atoms with Crippen molar-refractivity contribution in [3.05, 3.63) is 0 Å². The summed E-state index contributed by atoms with van der Waals surface area (Å²) in [5.41, 5.74) is 0. The van der Waals surface area contributed by atoms with Crippen molar-refractivity contribution in [1.29, 1.82) is 0 Å². The minimum Gasteiger partial charge on any atom is -0.311 e. The first-order chi connectivity index (χ1) is 6.43. The van der Waals surface area contributed by atoms with Crippen LogP contribution in [-0.4, -0.2) is 12.1 Å². The normalized spacial score (nSPS) is 41.5. The Labute approximate surface area is 81.3 Å². The molecule has 2 atom stereocenters. The van der Waals surface area contributed by atoms with Gasteiger partial charge in [0.25, 0.3) is 0 Å². The summed E-state index contributed by atoms with van der Waals surface area (Å²) in [4.78, 5) is 0. The maximum Gasteiger partial charge on any atom is 0.00986 e. The third-order valence-electron chi connectivity index (χ3n) is 4.65. The van der Waals surface area contributed by atoms with Gasteiger partial charge >= 0.3 is 0 Å². The highest BCUT2D eigenvalue weighted by atomic mass is 15.0. The van der Waals surface area contributed by atoms with Crippen LogP contribution in [0.15, 0.2) is 0 Å². The van der Waals surface area contributed by atoms with Crippen LogP contribution in [0.5, 0.6) is 0 Å². The van der Waals surface area contributed by atoms with Gasteiger partial charge < -0.3 is 5.32 Å². The van der Waals surface area contributed by atoms with E-state index >= 15 is 0 Å². The van der Waals surface area contributed by atoms with E-state index in [9.17, 15) is 0 Å². The van der Waals surface area contributed by atoms with Crippen LogP contribution in [0, 0.1) is 11.8 Å². The molecule has 1 heteroatoms. The molecular formula is C12H21N. The number of hydrogen-bond donors (Lipinski definition) is 1. The second kappa shape index (κ2) is 3.27. The molecule has 1 nitrogen and oxygen atoms in total. The topological polar surface area (TPSA) is 12.0 Å². The lowest BCUT2D eigenvalue weighted by molar-refractivity contribution is 0.206. The van der Waals surface area contributed by atoms with E-state index in [-0.39, 0.29) is 0 Å². The van der Waals surface area contributed by atoms with Crippen molar-refractivity contribution in [3.8, 4) is 0 Å². The second-order valence-electron chi connectivity index (χ2n) is 5.34. The quantitative estimate of drug-likeness (QED) is 0.687. The third kappa shape index (κ3) is 1.41. The molecule has 0 radical (unpaired) electrons. The molecule has 0 unspecified atom stereocenters. The lowest BCUT2D eigenvalue weighted by Crippen LogP contribution is -2.42. The Bertz CT molecular complexity index is 162. The summed E-state index contributed by atoms with van der Waals surface area (Å²) in [5, 5.41) is 3.89. The Morgan fingerprint density at radius 1 is 0.615 bits per heavy atom. The molecule has 3 fully saturated rings. The van der Waals surface area contributed by atoms with E-state index in [0.717, 1.165) is 23.9 Å². The summed E-state index contributed by atoms with van der Waals surface area (Å²) >= 11 is 0. The molecule has 2 aliphatic carbocycles. The first-order valence-electron chi connectivity index (χ1n) is 6.19. The lowest BCUT2D eigenvalue weighted by atomic mass is 9.79. The summed E-state index contributed by atoms with van der Waals surface area (Å²) in [6.45, 7) is 0. The molecule has 0 aromatic rings. The molecule has 0 spiro atoms. The Hall–Kier alpha value is -0.0400. The summed E-state index contributed by atoms with van der Waals surface area (Å²) in [7, 11) is 0. The van der Waals surface area contributed by atoms with E-state index in [1.807, 2.05) is 0 Å². The molecule has 1 saturated heterocycles. The van der Waals surface area contributed by atoms with Crippen molar-refractivity contribution in [2.75, 3.05) is 0 Å². The van der Waals surface area contributed by atoms with Gasteiger partial charge in [-0.1, -0.05) is 12.8 Å². The molecular weight excluding hydrogens is 158 g/mol. The largest absolute Gasteiger partial charge is 0.311 e. The zero-order valence-electron chi connectivity index (χ0n) is 8.47. The molecule has 1 heterocycles. The molecule has 3 rings (SSSR count). The zero-order chi connectivity index (χ0) is 8.67. The van der Waals surface area contributed by atoms with Gasteiger partial charge in [0.2, 0.25) is 0 Å². The van der Waals surface area contributed by atoms with E-state index in [4.69, 9.17) is 0 Å². The zero-order valence-corrected chi connectivity index (χ0v) is 8.47. The Kier molecular flexibility index (Phi) is 2.08. The van der Waals surface area contributed by atoms with Gasteiger partial charge in [-0.2, -0.15) is 0 Å². The fraction of sp³-hybridized carbons (Fsp3) is 1.00. The van der Waals surface area contributed by atoms with Crippen molar-refractivity contribution in [2.24, 2.45) is 11.8 Å². The molecule has 0 bridgehead atoms. The highest BCUT2D eigenvalue weighted by Gasteiger charge is 2.37. The number of rotatable bonds is 2. The van der Waals surface area contributed by atoms with Crippen LogP contribution in [0.4, 0.5) is 0 Å². The monoisotopic (exact) mass is 179 g/mol. The first-order valence-corrected chi connectivity index (χ1v) is 6.19. The minimum atomic E-state index is 0.916. The maximum atomic E-state index is 3.89. The van der Waals surface area contributed by atoms with Crippen LogP contribution >= 0.6 is 0 Å². The van der Waals surface area contributed by atoms with E-state index in [1.54, 1.807) is 0 Å². The second-order valence-corrected chi connectivity index (χ2v) is 5.34. The highest BCUT2D eigenvalue weighted by molar-refractivity contribution is 4.95. The summed E-state index contributed by atoms with van der Waals surface area (Å²) in [6, 6.07) is 1.83. The van der Waals surface area contributed by atoms with E-state index in [1.165, 1.54) is 51.4 Å². The van der Waals surface area contributed by atoms with Gasteiger partial charge in [-0.25, -0.2) is 0 Å². The van der Waals surface area contributed by atoms with Crippen molar-refractivity contribution in [3.63, 3.8) is 0 Å². The van der Waals surface area contributed by atoms with Gasteiger partial charge in [0.15, 0.2) is 0 Å². The Morgan fingerprint density at radius 2 is 1.08 bits per heavy atom. The average molecular weight is 179 g/mol. The number of nitrogens with one attached hydrogen (secondary N) is 1. The highest BCUT2D eigenvalue weighted by Crippen LogP contribution is 2.39. The molecule has 13 heavy (non-hydrogen) atoms.